The molecule has 14 heavy (non-hydrogen) atoms. The molecule has 74 valence electrons. The Labute approximate surface area is 88.2 Å². The standard InChI is InChI=1S/C8H8ClN3OS/c1-4-5(9)3-6-7(10-4)12-8(11-6)14(2)13/h3H,1-2H3,(H,10,11,12). The summed E-state index contributed by atoms with van der Waals surface area (Å²) in [6.07, 6.45) is 1.56. The van der Waals surface area contributed by atoms with Crippen LogP contribution in [0.15, 0.2) is 11.2 Å². The molecule has 6 heteroatoms. The van der Waals surface area contributed by atoms with Gasteiger partial charge in [-0.2, -0.15) is 0 Å². The largest absolute Gasteiger partial charge is 0.329 e. The van der Waals surface area contributed by atoms with Crippen LogP contribution in [0.1, 0.15) is 5.69 Å². The number of halogens is 1. The Morgan fingerprint density at radius 1 is 1.50 bits per heavy atom. The minimum atomic E-state index is -1.12. The van der Waals surface area contributed by atoms with E-state index in [1.54, 1.807) is 19.2 Å². The van der Waals surface area contributed by atoms with E-state index >= 15 is 0 Å². The molecule has 1 N–H and O–H groups in total. The Morgan fingerprint density at radius 3 is 2.86 bits per heavy atom. The summed E-state index contributed by atoms with van der Waals surface area (Å²) < 4.78 is 11.1. The Kier molecular flexibility index (Phi) is 2.28. The summed E-state index contributed by atoms with van der Waals surface area (Å²) in [6, 6.07) is 1.74. The number of pyridine rings is 1. The van der Waals surface area contributed by atoms with Gasteiger partial charge in [0.15, 0.2) is 10.8 Å². The molecule has 0 aliphatic carbocycles. The van der Waals surface area contributed by atoms with Crippen LogP contribution in [-0.4, -0.2) is 25.4 Å². The zero-order chi connectivity index (χ0) is 10.3. The van der Waals surface area contributed by atoms with Crippen LogP contribution in [0.25, 0.3) is 11.2 Å². The molecular weight excluding hydrogens is 222 g/mol. The van der Waals surface area contributed by atoms with Gasteiger partial charge in [-0.15, -0.1) is 0 Å². The highest BCUT2D eigenvalue weighted by Gasteiger charge is 2.08. The third-order valence-corrected chi connectivity index (χ3v) is 2.97. The molecule has 0 spiro atoms. The molecule has 0 saturated carbocycles. The van der Waals surface area contributed by atoms with Crippen LogP contribution < -0.4 is 0 Å². The van der Waals surface area contributed by atoms with Crippen LogP contribution in [-0.2, 0) is 10.8 Å². The first kappa shape index (κ1) is 9.61. The summed E-state index contributed by atoms with van der Waals surface area (Å²) in [5.41, 5.74) is 1.99. The molecule has 0 radical (unpaired) electrons. The summed E-state index contributed by atoms with van der Waals surface area (Å²) in [7, 11) is -1.12. The SMILES string of the molecule is Cc1nc2nc(S(C)=O)[nH]c2cc1Cl. The van der Waals surface area contributed by atoms with E-state index in [-0.39, 0.29) is 0 Å². The fourth-order valence-corrected chi connectivity index (χ4v) is 1.74. The summed E-state index contributed by atoms with van der Waals surface area (Å²) in [6.45, 7) is 1.80. The van der Waals surface area contributed by atoms with E-state index in [9.17, 15) is 4.21 Å². The van der Waals surface area contributed by atoms with Gasteiger partial charge in [-0.1, -0.05) is 11.6 Å². The van der Waals surface area contributed by atoms with E-state index in [2.05, 4.69) is 15.0 Å². The monoisotopic (exact) mass is 229 g/mol. The smallest absolute Gasteiger partial charge is 0.198 e. The van der Waals surface area contributed by atoms with Crippen molar-refractivity contribution in [1.82, 2.24) is 15.0 Å². The predicted octanol–water partition coefficient (Wildman–Crippen LogP) is 1.66. The van der Waals surface area contributed by atoms with E-state index < -0.39 is 10.8 Å². The third kappa shape index (κ3) is 1.53. The molecule has 0 aliphatic heterocycles. The highest BCUT2D eigenvalue weighted by Crippen LogP contribution is 2.19. The number of nitrogens with one attached hydrogen (secondary N) is 1. The average molecular weight is 230 g/mol. The van der Waals surface area contributed by atoms with Crippen LogP contribution in [0.3, 0.4) is 0 Å². The van der Waals surface area contributed by atoms with Gasteiger partial charge in [-0.05, 0) is 13.0 Å². The molecular formula is C8H8ClN3OS. The van der Waals surface area contributed by atoms with E-state index in [0.717, 1.165) is 5.69 Å². The molecule has 1 atom stereocenters. The Morgan fingerprint density at radius 2 is 2.21 bits per heavy atom. The van der Waals surface area contributed by atoms with Crippen LogP contribution in [0.5, 0.6) is 0 Å². The number of H-pyrrole nitrogens is 1. The van der Waals surface area contributed by atoms with Gasteiger partial charge in [0.1, 0.15) is 0 Å². The highest BCUT2D eigenvalue weighted by molar-refractivity contribution is 7.84. The van der Waals surface area contributed by atoms with Gasteiger partial charge in [0, 0.05) is 6.26 Å². The topological polar surface area (TPSA) is 58.6 Å². The van der Waals surface area contributed by atoms with E-state index in [0.29, 0.717) is 21.3 Å². The average Bonchev–Trinajstić information content (AvgIpc) is 2.48. The second-order valence-electron chi connectivity index (χ2n) is 2.92. The number of hydrogen-bond donors (Lipinski definition) is 1. The molecule has 0 aliphatic rings. The fraction of sp³-hybridized carbons (Fsp3) is 0.250. The second-order valence-corrected chi connectivity index (χ2v) is 4.62. The highest BCUT2D eigenvalue weighted by atomic mass is 35.5. The first-order valence-corrected chi connectivity index (χ1v) is 5.88. The van der Waals surface area contributed by atoms with Crippen LogP contribution >= 0.6 is 11.6 Å². The Balaban J connectivity index is 2.72. The molecule has 0 saturated heterocycles. The van der Waals surface area contributed by atoms with Crippen LogP contribution in [0.4, 0.5) is 0 Å². The van der Waals surface area contributed by atoms with Crippen molar-refractivity contribution in [2.45, 2.75) is 12.1 Å². The Hall–Kier alpha value is -0.940. The van der Waals surface area contributed by atoms with Gasteiger partial charge in [-0.3, -0.25) is 4.21 Å². The summed E-state index contributed by atoms with van der Waals surface area (Å²) in [4.78, 5) is 11.2. The minimum absolute atomic E-state index is 0.425. The van der Waals surface area contributed by atoms with Crippen molar-refractivity contribution < 1.29 is 4.21 Å². The lowest BCUT2D eigenvalue weighted by atomic mass is 10.3. The maximum Gasteiger partial charge on any atom is 0.198 e. The first-order chi connectivity index (χ1) is 6.58. The molecule has 2 aromatic heterocycles. The van der Waals surface area contributed by atoms with Gasteiger partial charge < -0.3 is 4.98 Å². The zero-order valence-electron chi connectivity index (χ0n) is 7.67. The summed E-state index contributed by atoms with van der Waals surface area (Å²) >= 11 is 5.89. The predicted molar refractivity (Wildman–Crippen MR) is 56.0 cm³/mol. The molecule has 1 unspecified atom stereocenters. The van der Waals surface area contributed by atoms with Crippen LogP contribution in [0, 0.1) is 6.92 Å². The lowest BCUT2D eigenvalue weighted by molar-refractivity contribution is 0.682. The van der Waals surface area contributed by atoms with Crippen molar-refractivity contribution in [3.05, 3.63) is 16.8 Å². The van der Waals surface area contributed by atoms with Crippen molar-refractivity contribution >= 4 is 33.6 Å². The summed E-state index contributed by atoms with van der Waals surface area (Å²) in [5, 5.41) is 1.00. The van der Waals surface area contributed by atoms with E-state index in [4.69, 9.17) is 11.6 Å². The lowest BCUT2D eigenvalue weighted by Crippen LogP contribution is -1.88. The van der Waals surface area contributed by atoms with Gasteiger partial charge >= 0.3 is 0 Å². The molecule has 2 heterocycles. The number of fused-ring (bicyclic) bond motifs is 1. The number of nitrogens with zero attached hydrogens (tertiary/aromatic N) is 2. The normalized spacial score (nSPS) is 13.4. The maximum absolute atomic E-state index is 11.1. The van der Waals surface area contributed by atoms with Crippen LogP contribution in [0.2, 0.25) is 5.02 Å². The molecule has 4 nitrogen and oxygen atoms in total. The first-order valence-electron chi connectivity index (χ1n) is 3.94. The van der Waals surface area contributed by atoms with Crippen molar-refractivity contribution in [3.63, 3.8) is 0 Å². The van der Waals surface area contributed by atoms with Gasteiger partial charge in [0.25, 0.3) is 0 Å². The maximum atomic E-state index is 11.1. The molecule has 0 bridgehead atoms. The van der Waals surface area contributed by atoms with E-state index in [1.165, 1.54) is 0 Å². The van der Waals surface area contributed by atoms with Crippen molar-refractivity contribution in [2.75, 3.05) is 6.26 Å². The van der Waals surface area contributed by atoms with Crippen molar-refractivity contribution in [1.29, 1.82) is 0 Å². The fourth-order valence-electron chi connectivity index (χ4n) is 1.12. The second kappa shape index (κ2) is 3.33. The number of imidazole rings is 1. The van der Waals surface area contributed by atoms with Crippen molar-refractivity contribution in [2.24, 2.45) is 0 Å². The molecule has 0 aromatic carbocycles. The van der Waals surface area contributed by atoms with E-state index in [1.807, 2.05) is 0 Å². The Bertz CT molecular complexity index is 484. The number of aromatic nitrogens is 3. The van der Waals surface area contributed by atoms with Gasteiger partial charge in [-0.25, -0.2) is 9.97 Å². The minimum Gasteiger partial charge on any atom is -0.329 e. The van der Waals surface area contributed by atoms with Gasteiger partial charge in [0.05, 0.1) is 27.0 Å². The molecule has 0 amide bonds. The number of hydrogen-bond acceptors (Lipinski definition) is 3. The molecule has 2 rings (SSSR count). The number of aromatic amines is 1. The third-order valence-electron chi connectivity index (χ3n) is 1.85. The lowest BCUT2D eigenvalue weighted by Gasteiger charge is -1.94. The quantitative estimate of drug-likeness (QED) is 0.809. The zero-order valence-corrected chi connectivity index (χ0v) is 9.24. The van der Waals surface area contributed by atoms with Gasteiger partial charge in [0.2, 0.25) is 0 Å². The number of aryl methyl sites for hydroxylation is 1. The van der Waals surface area contributed by atoms with Crippen molar-refractivity contribution in [3.8, 4) is 0 Å². The number of rotatable bonds is 1. The summed E-state index contributed by atoms with van der Waals surface area (Å²) in [5.74, 6) is 0. The molecule has 2 aromatic rings. The molecule has 0 fully saturated rings.